The lowest BCUT2D eigenvalue weighted by molar-refractivity contribution is 0.507. The van der Waals surface area contributed by atoms with E-state index in [4.69, 9.17) is 0 Å². The molecule has 0 bridgehead atoms. The Balaban J connectivity index is 1.51. The molecule has 100 valence electrons. The molecule has 0 spiro atoms. The van der Waals surface area contributed by atoms with Crippen molar-refractivity contribution in [3.63, 3.8) is 0 Å². The van der Waals surface area contributed by atoms with E-state index in [-0.39, 0.29) is 0 Å². The number of nitrogens with one attached hydrogen (secondary N) is 1. The molecule has 1 N–H and O–H groups in total. The number of nitrogens with zero attached hydrogens (tertiary/aromatic N) is 2. The molecule has 0 amide bonds. The molecule has 19 heavy (non-hydrogen) atoms. The number of aryl methyl sites for hydroxylation is 1. The highest BCUT2D eigenvalue weighted by molar-refractivity contribution is 5.40. The summed E-state index contributed by atoms with van der Waals surface area (Å²) in [6, 6.07) is 10.9. The molecule has 3 rings (SSSR count). The summed E-state index contributed by atoms with van der Waals surface area (Å²) in [7, 11) is 0. The molecule has 1 atom stereocenters. The van der Waals surface area contributed by atoms with Crippen LogP contribution in [0.5, 0.6) is 0 Å². The molecule has 1 aromatic heterocycles. The van der Waals surface area contributed by atoms with Gasteiger partial charge in [0.05, 0.1) is 5.69 Å². The van der Waals surface area contributed by atoms with Crippen molar-refractivity contribution in [1.29, 1.82) is 0 Å². The fraction of sp³-hybridized carbons (Fsp3) is 0.438. The first-order valence-electron chi connectivity index (χ1n) is 7.17. The standard InChI is InChI=1S/C16H21N3/c1-2-9-19-15(7-8-18-19)12-17-11-14-10-13-5-3-4-6-16(13)14/h3-8,14,17H,2,9-12H2,1H3. The molecule has 1 unspecified atom stereocenters. The zero-order valence-corrected chi connectivity index (χ0v) is 11.5. The molecule has 0 aliphatic heterocycles. The third-order valence-corrected chi connectivity index (χ3v) is 3.90. The molecule has 2 aromatic rings. The summed E-state index contributed by atoms with van der Waals surface area (Å²) in [5, 5.41) is 7.92. The Kier molecular flexibility index (Phi) is 3.65. The molecule has 0 saturated heterocycles. The lowest BCUT2D eigenvalue weighted by Crippen LogP contribution is -2.29. The quantitative estimate of drug-likeness (QED) is 0.860. The molecular weight excluding hydrogens is 234 g/mol. The van der Waals surface area contributed by atoms with E-state index < -0.39 is 0 Å². The Morgan fingerprint density at radius 1 is 1.32 bits per heavy atom. The van der Waals surface area contributed by atoms with Gasteiger partial charge in [0.1, 0.15) is 0 Å². The average molecular weight is 255 g/mol. The van der Waals surface area contributed by atoms with Crippen molar-refractivity contribution in [2.24, 2.45) is 0 Å². The number of fused-ring (bicyclic) bond motifs is 1. The molecule has 0 fully saturated rings. The number of benzene rings is 1. The zero-order chi connectivity index (χ0) is 13.1. The highest BCUT2D eigenvalue weighted by atomic mass is 15.3. The van der Waals surface area contributed by atoms with E-state index in [9.17, 15) is 0 Å². The summed E-state index contributed by atoms with van der Waals surface area (Å²) in [6.45, 7) is 5.17. The van der Waals surface area contributed by atoms with E-state index in [0.717, 1.165) is 26.1 Å². The summed E-state index contributed by atoms with van der Waals surface area (Å²) in [5.74, 6) is 0.693. The van der Waals surface area contributed by atoms with Gasteiger partial charge in [0.25, 0.3) is 0 Å². The van der Waals surface area contributed by atoms with E-state index in [1.165, 1.54) is 23.2 Å². The minimum Gasteiger partial charge on any atom is -0.311 e. The van der Waals surface area contributed by atoms with Crippen molar-refractivity contribution in [1.82, 2.24) is 15.1 Å². The van der Waals surface area contributed by atoms with Crippen LogP contribution < -0.4 is 5.32 Å². The Hall–Kier alpha value is -1.61. The predicted octanol–water partition coefficient (Wildman–Crippen LogP) is 2.72. The lowest BCUT2D eigenvalue weighted by Gasteiger charge is -2.30. The Bertz CT molecular complexity index is 544. The first-order valence-corrected chi connectivity index (χ1v) is 7.17. The monoisotopic (exact) mass is 255 g/mol. The van der Waals surface area contributed by atoms with Crippen LogP contribution in [-0.4, -0.2) is 16.3 Å². The second-order valence-corrected chi connectivity index (χ2v) is 5.28. The van der Waals surface area contributed by atoms with Gasteiger partial charge < -0.3 is 5.32 Å². The van der Waals surface area contributed by atoms with Gasteiger partial charge in [0.2, 0.25) is 0 Å². The van der Waals surface area contributed by atoms with E-state index in [0.29, 0.717) is 5.92 Å². The average Bonchev–Trinajstić information content (AvgIpc) is 2.83. The maximum absolute atomic E-state index is 4.35. The second-order valence-electron chi connectivity index (χ2n) is 5.28. The molecular formula is C16H21N3. The van der Waals surface area contributed by atoms with E-state index in [2.05, 4.69) is 52.4 Å². The third kappa shape index (κ3) is 2.56. The van der Waals surface area contributed by atoms with Crippen LogP contribution in [0.2, 0.25) is 0 Å². The maximum Gasteiger partial charge on any atom is 0.0522 e. The molecule has 1 heterocycles. The van der Waals surface area contributed by atoms with Crippen LogP contribution in [0.25, 0.3) is 0 Å². The second kappa shape index (κ2) is 5.57. The zero-order valence-electron chi connectivity index (χ0n) is 11.5. The Morgan fingerprint density at radius 3 is 3.05 bits per heavy atom. The summed E-state index contributed by atoms with van der Waals surface area (Å²) in [4.78, 5) is 0. The first kappa shape index (κ1) is 12.4. The summed E-state index contributed by atoms with van der Waals surface area (Å²) >= 11 is 0. The van der Waals surface area contributed by atoms with Gasteiger partial charge in [0, 0.05) is 31.7 Å². The minimum atomic E-state index is 0.693. The van der Waals surface area contributed by atoms with Gasteiger partial charge >= 0.3 is 0 Å². The maximum atomic E-state index is 4.35. The van der Waals surface area contributed by atoms with Gasteiger partial charge in [-0.1, -0.05) is 31.2 Å². The Morgan fingerprint density at radius 2 is 2.21 bits per heavy atom. The van der Waals surface area contributed by atoms with Crippen molar-refractivity contribution < 1.29 is 0 Å². The number of rotatable bonds is 6. The number of hydrogen-bond acceptors (Lipinski definition) is 2. The lowest BCUT2D eigenvalue weighted by atomic mass is 9.77. The van der Waals surface area contributed by atoms with Crippen LogP contribution in [0.1, 0.15) is 36.1 Å². The SMILES string of the molecule is CCCn1nccc1CNCC1Cc2ccccc21. The highest BCUT2D eigenvalue weighted by Gasteiger charge is 2.24. The van der Waals surface area contributed by atoms with Gasteiger partial charge in [-0.3, -0.25) is 4.68 Å². The van der Waals surface area contributed by atoms with Gasteiger partial charge in [-0.25, -0.2) is 0 Å². The van der Waals surface area contributed by atoms with Gasteiger partial charge in [0.15, 0.2) is 0 Å². The fourth-order valence-corrected chi connectivity index (χ4v) is 2.84. The molecule has 1 aromatic carbocycles. The van der Waals surface area contributed by atoms with E-state index >= 15 is 0 Å². The number of hydrogen-bond donors (Lipinski definition) is 1. The molecule has 0 saturated carbocycles. The Labute approximate surface area is 114 Å². The van der Waals surface area contributed by atoms with Gasteiger partial charge in [-0.15, -0.1) is 0 Å². The molecule has 0 radical (unpaired) electrons. The van der Waals surface area contributed by atoms with Crippen molar-refractivity contribution >= 4 is 0 Å². The predicted molar refractivity (Wildman–Crippen MR) is 77.1 cm³/mol. The van der Waals surface area contributed by atoms with Gasteiger partial charge in [-0.2, -0.15) is 5.10 Å². The minimum absolute atomic E-state index is 0.693. The topological polar surface area (TPSA) is 29.9 Å². The van der Waals surface area contributed by atoms with E-state index in [1.807, 2.05) is 6.20 Å². The van der Waals surface area contributed by atoms with Crippen molar-refractivity contribution in [3.05, 3.63) is 53.3 Å². The number of aromatic nitrogens is 2. The van der Waals surface area contributed by atoms with Crippen LogP contribution in [0, 0.1) is 0 Å². The summed E-state index contributed by atoms with van der Waals surface area (Å²) < 4.78 is 2.10. The molecule has 1 aliphatic carbocycles. The molecule has 3 nitrogen and oxygen atoms in total. The van der Waals surface area contributed by atoms with Crippen LogP contribution in [0.3, 0.4) is 0 Å². The van der Waals surface area contributed by atoms with E-state index in [1.54, 1.807) is 0 Å². The first-order chi connectivity index (χ1) is 9.38. The van der Waals surface area contributed by atoms with Crippen LogP contribution in [-0.2, 0) is 19.5 Å². The summed E-state index contributed by atoms with van der Waals surface area (Å²) in [6.07, 6.45) is 4.24. The van der Waals surface area contributed by atoms with Crippen LogP contribution >= 0.6 is 0 Å². The summed E-state index contributed by atoms with van der Waals surface area (Å²) in [5.41, 5.74) is 4.33. The smallest absolute Gasteiger partial charge is 0.0522 e. The normalized spacial score (nSPS) is 17.0. The van der Waals surface area contributed by atoms with Crippen molar-refractivity contribution in [3.8, 4) is 0 Å². The van der Waals surface area contributed by atoms with Crippen molar-refractivity contribution in [2.45, 2.75) is 38.8 Å². The van der Waals surface area contributed by atoms with Gasteiger partial charge in [-0.05, 0) is 30.0 Å². The fourth-order valence-electron chi connectivity index (χ4n) is 2.84. The van der Waals surface area contributed by atoms with Crippen LogP contribution in [0.4, 0.5) is 0 Å². The molecule has 3 heteroatoms. The van der Waals surface area contributed by atoms with Crippen LogP contribution in [0.15, 0.2) is 36.5 Å². The highest BCUT2D eigenvalue weighted by Crippen LogP contribution is 2.33. The largest absolute Gasteiger partial charge is 0.311 e. The third-order valence-electron chi connectivity index (χ3n) is 3.90. The molecule has 1 aliphatic rings. The van der Waals surface area contributed by atoms with Crippen molar-refractivity contribution in [2.75, 3.05) is 6.54 Å².